The van der Waals surface area contributed by atoms with Crippen molar-refractivity contribution in [3.8, 4) is 5.69 Å². The number of piperazine rings is 1. The van der Waals surface area contributed by atoms with Gasteiger partial charge in [0.2, 0.25) is 11.8 Å². The molecule has 0 radical (unpaired) electrons. The van der Waals surface area contributed by atoms with Crippen LogP contribution in [0.1, 0.15) is 25.6 Å². The molecular formula is C26H30FN5O2. The van der Waals surface area contributed by atoms with Gasteiger partial charge in [0.15, 0.2) is 0 Å². The lowest BCUT2D eigenvalue weighted by atomic mass is 9.96. The number of hydrogen-bond acceptors (Lipinski definition) is 4. The van der Waals surface area contributed by atoms with Crippen LogP contribution < -0.4 is 0 Å². The summed E-state index contributed by atoms with van der Waals surface area (Å²) in [4.78, 5) is 35.7. The Kier molecular flexibility index (Phi) is 6.32. The van der Waals surface area contributed by atoms with E-state index < -0.39 is 0 Å². The minimum atomic E-state index is -0.267. The summed E-state index contributed by atoms with van der Waals surface area (Å²) in [5, 5.41) is 0. The number of imidazole rings is 1. The van der Waals surface area contributed by atoms with E-state index in [9.17, 15) is 14.0 Å². The van der Waals surface area contributed by atoms with Crippen LogP contribution in [0.15, 0.2) is 48.5 Å². The summed E-state index contributed by atoms with van der Waals surface area (Å²) in [6, 6.07) is 14.4. The van der Waals surface area contributed by atoms with E-state index in [0.717, 1.165) is 41.9 Å². The number of carbonyl (C=O) groups is 2. The van der Waals surface area contributed by atoms with E-state index in [1.807, 2.05) is 29.2 Å². The standard InChI is InChI=1S/C26H30FN5O2/c1-19(33)30-13-15-31(16-14-30)26(34)20-5-4-12-29(17-20)18-25-28-23-6-2-3-7-24(23)32(25)22-10-8-21(27)9-11-22/h2-3,6-11,20H,4-5,12-18H2,1H3/t20-/m1/s1. The van der Waals surface area contributed by atoms with Crippen LogP contribution in [0.4, 0.5) is 4.39 Å². The van der Waals surface area contributed by atoms with Crippen molar-refractivity contribution in [3.63, 3.8) is 0 Å². The highest BCUT2D eigenvalue weighted by atomic mass is 19.1. The van der Waals surface area contributed by atoms with Crippen LogP contribution in [-0.2, 0) is 16.1 Å². The molecule has 0 aliphatic carbocycles. The maximum Gasteiger partial charge on any atom is 0.227 e. The van der Waals surface area contributed by atoms with Crippen LogP contribution in [0.5, 0.6) is 0 Å². The highest BCUT2D eigenvalue weighted by Crippen LogP contribution is 2.26. The number of carbonyl (C=O) groups excluding carboxylic acids is 2. The van der Waals surface area contributed by atoms with Gasteiger partial charge in [-0.2, -0.15) is 0 Å². The Bertz CT molecular complexity index is 1180. The molecule has 1 aromatic heterocycles. The van der Waals surface area contributed by atoms with Crippen molar-refractivity contribution in [1.82, 2.24) is 24.3 Å². The van der Waals surface area contributed by atoms with Gasteiger partial charge in [0.1, 0.15) is 11.6 Å². The van der Waals surface area contributed by atoms with Crippen LogP contribution in [-0.4, -0.2) is 75.3 Å². The SMILES string of the molecule is CC(=O)N1CCN(C(=O)[C@@H]2CCCN(Cc3nc4ccccc4n3-c3ccc(F)cc3)C2)CC1. The molecule has 178 valence electrons. The molecule has 0 unspecified atom stereocenters. The summed E-state index contributed by atoms with van der Waals surface area (Å²) >= 11 is 0. The van der Waals surface area contributed by atoms with Gasteiger partial charge in [-0.1, -0.05) is 12.1 Å². The van der Waals surface area contributed by atoms with Crippen molar-refractivity contribution in [2.24, 2.45) is 5.92 Å². The van der Waals surface area contributed by atoms with Crippen LogP contribution in [0.2, 0.25) is 0 Å². The highest BCUT2D eigenvalue weighted by Gasteiger charge is 2.32. The molecule has 5 rings (SSSR count). The first-order chi connectivity index (χ1) is 16.5. The number of amides is 2. The number of halogens is 1. The van der Waals surface area contributed by atoms with Crippen molar-refractivity contribution in [3.05, 3.63) is 60.2 Å². The third-order valence-electron chi connectivity index (χ3n) is 6.97. The quantitative estimate of drug-likeness (QED) is 0.597. The van der Waals surface area contributed by atoms with E-state index in [1.54, 1.807) is 24.0 Å². The van der Waals surface area contributed by atoms with E-state index in [2.05, 4.69) is 9.47 Å². The molecule has 0 bridgehead atoms. The van der Waals surface area contributed by atoms with Gasteiger partial charge in [-0.05, 0) is 55.8 Å². The first-order valence-corrected chi connectivity index (χ1v) is 12.0. The summed E-state index contributed by atoms with van der Waals surface area (Å²) < 4.78 is 15.6. The number of nitrogens with zero attached hydrogens (tertiary/aromatic N) is 5. The number of aromatic nitrogens is 2. The Morgan fingerprint density at radius 1 is 0.971 bits per heavy atom. The molecule has 3 heterocycles. The number of benzene rings is 2. The molecule has 3 aromatic rings. The largest absolute Gasteiger partial charge is 0.339 e. The van der Waals surface area contributed by atoms with Gasteiger partial charge < -0.3 is 9.80 Å². The molecule has 2 aliphatic rings. The van der Waals surface area contributed by atoms with Gasteiger partial charge in [-0.25, -0.2) is 9.37 Å². The lowest BCUT2D eigenvalue weighted by molar-refractivity contribution is -0.142. The van der Waals surface area contributed by atoms with Crippen molar-refractivity contribution < 1.29 is 14.0 Å². The van der Waals surface area contributed by atoms with Gasteiger partial charge in [-0.15, -0.1) is 0 Å². The number of likely N-dealkylation sites (tertiary alicyclic amines) is 1. The van der Waals surface area contributed by atoms with E-state index in [1.165, 1.54) is 12.1 Å². The number of rotatable bonds is 4. The molecule has 0 N–H and O–H groups in total. The topological polar surface area (TPSA) is 61.7 Å². The molecule has 2 aromatic carbocycles. The second-order valence-corrected chi connectivity index (χ2v) is 9.23. The van der Waals surface area contributed by atoms with E-state index >= 15 is 0 Å². The lowest BCUT2D eigenvalue weighted by Crippen LogP contribution is -2.53. The third kappa shape index (κ3) is 4.55. The zero-order chi connectivity index (χ0) is 23.7. The third-order valence-corrected chi connectivity index (χ3v) is 6.97. The predicted octanol–water partition coefficient (Wildman–Crippen LogP) is 3.07. The fourth-order valence-electron chi connectivity index (χ4n) is 5.16. The number of fused-ring (bicyclic) bond motifs is 1. The number of piperidine rings is 1. The summed E-state index contributed by atoms with van der Waals surface area (Å²) in [6.07, 6.45) is 1.84. The zero-order valence-electron chi connectivity index (χ0n) is 19.5. The Morgan fingerprint density at radius 2 is 1.68 bits per heavy atom. The maximum absolute atomic E-state index is 13.6. The van der Waals surface area contributed by atoms with Crippen molar-refractivity contribution in [1.29, 1.82) is 0 Å². The molecule has 34 heavy (non-hydrogen) atoms. The molecule has 2 fully saturated rings. The second kappa shape index (κ2) is 9.54. The van der Waals surface area contributed by atoms with Crippen LogP contribution in [0.25, 0.3) is 16.7 Å². The van der Waals surface area contributed by atoms with Crippen molar-refractivity contribution in [2.75, 3.05) is 39.3 Å². The van der Waals surface area contributed by atoms with Crippen molar-refractivity contribution in [2.45, 2.75) is 26.3 Å². The lowest BCUT2D eigenvalue weighted by Gasteiger charge is -2.38. The molecule has 2 saturated heterocycles. The fraction of sp³-hybridized carbons (Fsp3) is 0.423. The molecular weight excluding hydrogens is 433 g/mol. The second-order valence-electron chi connectivity index (χ2n) is 9.23. The number of hydrogen-bond donors (Lipinski definition) is 0. The van der Waals surface area contributed by atoms with Crippen LogP contribution in [0.3, 0.4) is 0 Å². The van der Waals surface area contributed by atoms with E-state index in [0.29, 0.717) is 39.3 Å². The molecule has 8 heteroatoms. The Labute approximate surface area is 198 Å². The minimum Gasteiger partial charge on any atom is -0.339 e. The minimum absolute atomic E-state index is 0.0405. The van der Waals surface area contributed by atoms with E-state index in [-0.39, 0.29) is 23.5 Å². The first kappa shape index (κ1) is 22.5. The average Bonchev–Trinajstić information content (AvgIpc) is 3.22. The predicted molar refractivity (Wildman–Crippen MR) is 128 cm³/mol. The summed E-state index contributed by atoms with van der Waals surface area (Å²) in [6.45, 7) is 6.24. The molecule has 0 spiro atoms. The molecule has 2 amide bonds. The molecule has 0 saturated carbocycles. The van der Waals surface area contributed by atoms with Crippen molar-refractivity contribution >= 4 is 22.8 Å². The van der Waals surface area contributed by atoms with Gasteiger partial charge in [0.25, 0.3) is 0 Å². The first-order valence-electron chi connectivity index (χ1n) is 12.0. The van der Waals surface area contributed by atoms with Gasteiger partial charge in [0.05, 0.1) is 23.5 Å². The summed E-state index contributed by atoms with van der Waals surface area (Å²) in [7, 11) is 0. The maximum atomic E-state index is 13.6. The Balaban J connectivity index is 1.32. The monoisotopic (exact) mass is 463 g/mol. The zero-order valence-corrected chi connectivity index (χ0v) is 19.5. The Morgan fingerprint density at radius 3 is 2.41 bits per heavy atom. The fourth-order valence-corrected chi connectivity index (χ4v) is 5.16. The van der Waals surface area contributed by atoms with Crippen LogP contribution >= 0.6 is 0 Å². The summed E-state index contributed by atoms with van der Waals surface area (Å²) in [5.74, 6) is 0.841. The number of para-hydroxylation sites is 2. The molecule has 2 aliphatic heterocycles. The summed E-state index contributed by atoms with van der Waals surface area (Å²) in [5.41, 5.74) is 2.75. The molecule has 7 nitrogen and oxygen atoms in total. The van der Waals surface area contributed by atoms with E-state index in [4.69, 9.17) is 4.98 Å². The van der Waals surface area contributed by atoms with Crippen LogP contribution in [0, 0.1) is 11.7 Å². The average molecular weight is 464 g/mol. The van der Waals surface area contributed by atoms with Gasteiger partial charge in [-0.3, -0.25) is 19.1 Å². The smallest absolute Gasteiger partial charge is 0.227 e. The van der Waals surface area contributed by atoms with Gasteiger partial charge in [0, 0.05) is 45.3 Å². The molecule has 1 atom stereocenters. The van der Waals surface area contributed by atoms with Gasteiger partial charge >= 0.3 is 0 Å². The normalized spacial score (nSPS) is 19.5. The Hall–Kier alpha value is -3.26. The highest BCUT2D eigenvalue weighted by molar-refractivity contribution is 5.80.